The van der Waals surface area contributed by atoms with Crippen LogP contribution in [0.2, 0.25) is 0 Å². The summed E-state index contributed by atoms with van der Waals surface area (Å²) in [4.78, 5) is 24.4. The normalized spacial score (nSPS) is 20.5. The second-order valence-corrected chi connectivity index (χ2v) is 8.76. The first-order chi connectivity index (χ1) is 15.4. The van der Waals surface area contributed by atoms with E-state index in [1.807, 2.05) is 20.8 Å². The van der Waals surface area contributed by atoms with Crippen molar-refractivity contribution >= 4 is 17.9 Å². The summed E-state index contributed by atoms with van der Waals surface area (Å²) in [5.41, 5.74) is 2.31. The van der Waals surface area contributed by atoms with Gasteiger partial charge in [-0.2, -0.15) is 14.4 Å². The van der Waals surface area contributed by atoms with Crippen LogP contribution in [0.1, 0.15) is 37.9 Å². The number of hydrogen-bond acceptors (Lipinski definition) is 7. The zero-order chi connectivity index (χ0) is 22.7. The Kier molecular flexibility index (Phi) is 6.86. The van der Waals surface area contributed by atoms with E-state index in [9.17, 15) is 9.18 Å². The van der Waals surface area contributed by atoms with E-state index >= 15 is 0 Å². The Morgan fingerprint density at radius 3 is 2.59 bits per heavy atom. The van der Waals surface area contributed by atoms with Gasteiger partial charge >= 0.3 is 6.09 Å². The Morgan fingerprint density at radius 1 is 1.19 bits per heavy atom. The summed E-state index contributed by atoms with van der Waals surface area (Å²) in [7, 11) is 0. The molecule has 172 valence electrons. The van der Waals surface area contributed by atoms with Crippen molar-refractivity contribution in [1.29, 1.82) is 0 Å². The fourth-order valence-corrected chi connectivity index (χ4v) is 4.10. The SMILES string of the molecule is CC(Nc1nc(F)cc(N2C(=O)OC[C@@H]2C(C)C)n1)c1ccc(CN2CCNCC2)cc1. The summed E-state index contributed by atoms with van der Waals surface area (Å²) >= 11 is 0. The molecule has 1 amide bonds. The van der Waals surface area contributed by atoms with Crippen molar-refractivity contribution in [1.82, 2.24) is 20.2 Å². The number of benzene rings is 1. The largest absolute Gasteiger partial charge is 0.447 e. The number of ether oxygens (including phenoxy) is 1. The molecule has 1 unspecified atom stereocenters. The molecule has 2 aromatic rings. The molecule has 2 aliphatic heterocycles. The molecule has 0 aliphatic carbocycles. The number of piperazine rings is 1. The van der Waals surface area contributed by atoms with Crippen LogP contribution in [0.3, 0.4) is 0 Å². The van der Waals surface area contributed by atoms with Gasteiger partial charge in [0, 0.05) is 38.8 Å². The lowest BCUT2D eigenvalue weighted by atomic mass is 10.0. The van der Waals surface area contributed by atoms with Gasteiger partial charge in [0.15, 0.2) is 0 Å². The second-order valence-electron chi connectivity index (χ2n) is 8.76. The Bertz CT molecular complexity index is 933. The molecule has 1 aromatic heterocycles. The minimum absolute atomic E-state index is 0.135. The highest BCUT2D eigenvalue weighted by Gasteiger charge is 2.37. The lowest BCUT2D eigenvalue weighted by molar-refractivity contribution is 0.177. The first kappa shape index (κ1) is 22.4. The van der Waals surface area contributed by atoms with E-state index in [1.54, 1.807) is 0 Å². The van der Waals surface area contributed by atoms with Gasteiger partial charge in [0.1, 0.15) is 12.4 Å². The van der Waals surface area contributed by atoms with E-state index in [0.717, 1.165) is 38.3 Å². The number of nitrogens with zero attached hydrogens (tertiary/aromatic N) is 4. The quantitative estimate of drug-likeness (QED) is 0.638. The van der Waals surface area contributed by atoms with E-state index in [0.29, 0.717) is 0 Å². The number of carbonyl (C=O) groups excluding carboxylic acids is 1. The molecule has 1 aromatic carbocycles. The van der Waals surface area contributed by atoms with E-state index < -0.39 is 12.0 Å². The van der Waals surface area contributed by atoms with Crippen molar-refractivity contribution in [3.63, 3.8) is 0 Å². The summed E-state index contributed by atoms with van der Waals surface area (Å²) in [6.07, 6.45) is -0.513. The number of rotatable bonds is 7. The first-order valence-corrected chi connectivity index (χ1v) is 11.2. The van der Waals surface area contributed by atoms with E-state index in [4.69, 9.17) is 4.74 Å². The summed E-state index contributed by atoms with van der Waals surface area (Å²) in [6, 6.07) is 9.24. The van der Waals surface area contributed by atoms with E-state index in [1.165, 1.54) is 16.5 Å². The van der Waals surface area contributed by atoms with Crippen LogP contribution in [0.4, 0.5) is 21.0 Å². The predicted octanol–water partition coefficient (Wildman–Crippen LogP) is 3.18. The Morgan fingerprint density at radius 2 is 1.91 bits per heavy atom. The van der Waals surface area contributed by atoms with E-state index in [2.05, 4.69) is 49.8 Å². The Balaban J connectivity index is 1.45. The Hall–Kier alpha value is -2.78. The molecule has 3 heterocycles. The first-order valence-electron chi connectivity index (χ1n) is 11.2. The molecular formula is C23H31FN6O2. The fraction of sp³-hybridized carbons (Fsp3) is 0.522. The molecule has 0 bridgehead atoms. The van der Waals surface area contributed by atoms with Gasteiger partial charge in [0.25, 0.3) is 0 Å². The molecule has 2 atom stereocenters. The van der Waals surface area contributed by atoms with Crippen molar-refractivity contribution in [2.24, 2.45) is 5.92 Å². The molecule has 0 saturated carbocycles. The third-order valence-electron chi connectivity index (χ3n) is 6.04. The van der Waals surface area contributed by atoms with Crippen molar-refractivity contribution in [3.8, 4) is 0 Å². The van der Waals surface area contributed by atoms with Crippen LogP contribution in [0.25, 0.3) is 0 Å². The third kappa shape index (κ3) is 5.16. The van der Waals surface area contributed by atoms with Gasteiger partial charge in [-0.25, -0.2) is 4.79 Å². The van der Waals surface area contributed by atoms with Gasteiger partial charge < -0.3 is 15.4 Å². The maximum atomic E-state index is 14.3. The van der Waals surface area contributed by atoms with Gasteiger partial charge in [-0.3, -0.25) is 9.80 Å². The molecule has 4 rings (SSSR count). The molecule has 2 saturated heterocycles. The lowest BCUT2D eigenvalue weighted by Crippen LogP contribution is -2.42. The van der Waals surface area contributed by atoms with Crippen LogP contribution < -0.4 is 15.5 Å². The van der Waals surface area contributed by atoms with Gasteiger partial charge in [-0.1, -0.05) is 38.1 Å². The number of aromatic nitrogens is 2. The molecule has 0 spiro atoms. The van der Waals surface area contributed by atoms with Crippen LogP contribution in [-0.4, -0.2) is 59.8 Å². The van der Waals surface area contributed by atoms with Crippen molar-refractivity contribution < 1.29 is 13.9 Å². The van der Waals surface area contributed by atoms with Crippen LogP contribution in [0.5, 0.6) is 0 Å². The lowest BCUT2D eigenvalue weighted by Gasteiger charge is -2.27. The zero-order valence-electron chi connectivity index (χ0n) is 18.8. The zero-order valence-corrected chi connectivity index (χ0v) is 18.8. The van der Waals surface area contributed by atoms with Gasteiger partial charge in [0.05, 0.1) is 12.1 Å². The van der Waals surface area contributed by atoms with Crippen LogP contribution in [0.15, 0.2) is 30.3 Å². The average Bonchev–Trinajstić information content (AvgIpc) is 3.16. The van der Waals surface area contributed by atoms with E-state index in [-0.39, 0.29) is 36.4 Å². The second kappa shape index (κ2) is 9.79. The van der Waals surface area contributed by atoms with Gasteiger partial charge in [-0.15, -0.1) is 0 Å². The number of anilines is 2. The molecule has 2 fully saturated rings. The number of amides is 1. The molecule has 2 aliphatic rings. The number of halogens is 1. The summed E-state index contributed by atoms with van der Waals surface area (Å²) in [5.74, 6) is -0.202. The molecule has 9 heteroatoms. The monoisotopic (exact) mass is 442 g/mol. The number of cyclic esters (lactones) is 1. The van der Waals surface area contributed by atoms with Crippen LogP contribution >= 0.6 is 0 Å². The van der Waals surface area contributed by atoms with Crippen molar-refractivity contribution in [2.75, 3.05) is 43.0 Å². The smallest absolute Gasteiger partial charge is 0.415 e. The Labute approximate surface area is 188 Å². The third-order valence-corrected chi connectivity index (χ3v) is 6.04. The topological polar surface area (TPSA) is 82.6 Å². The molecule has 2 N–H and O–H groups in total. The highest BCUT2D eigenvalue weighted by atomic mass is 19.1. The maximum absolute atomic E-state index is 14.3. The standard InChI is InChI=1S/C23H31FN6O2/c1-15(2)19-14-32-23(31)30(19)21-12-20(24)27-22(28-21)26-16(3)18-6-4-17(5-7-18)13-29-10-8-25-9-11-29/h4-7,12,15-16,19,25H,8-11,13-14H2,1-3H3,(H,26,27,28)/t16?,19-/m1/s1. The maximum Gasteiger partial charge on any atom is 0.415 e. The van der Waals surface area contributed by atoms with Gasteiger partial charge in [0.2, 0.25) is 11.9 Å². The van der Waals surface area contributed by atoms with Crippen molar-refractivity contribution in [2.45, 2.75) is 39.4 Å². The highest BCUT2D eigenvalue weighted by Crippen LogP contribution is 2.27. The van der Waals surface area contributed by atoms with Gasteiger partial charge in [-0.05, 0) is 24.0 Å². The molecule has 32 heavy (non-hydrogen) atoms. The molecular weight excluding hydrogens is 411 g/mol. The summed E-state index contributed by atoms with van der Waals surface area (Å²) < 4.78 is 19.5. The summed E-state index contributed by atoms with van der Waals surface area (Å²) in [6.45, 7) is 11.3. The average molecular weight is 443 g/mol. The minimum Gasteiger partial charge on any atom is -0.447 e. The summed E-state index contributed by atoms with van der Waals surface area (Å²) in [5, 5.41) is 6.53. The van der Waals surface area contributed by atoms with Crippen LogP contribution in [0, 0.1) is 11.9 Å². The number of carbonyl (C=O) groups is 1. The minimum atomic E-state index is -0.696. The van der Waals surface area contributed by atoms with Crippen molar-refractivity contribution in [3.05, 3.63) is 47.4 Å². The van der Waals surface area contributed by atoms with Crippen LogP contribution in [-0.2, 0) is 11.3 Å². The highest BCUT2D eigenvalue weighted by molar-refractivity contribution is 5.89. The molecule has 8 nitrogen and oxygen atoms in total. The molecule has 0 radical (unpaired) electrons. The predicted molar refractivity (Wildman–Crippen MR) is 121 cm³/mol. The number of hydrogen-bond donors (Lipinski definition) is 2. The fourth-order valence-electron chi connectivity index (χ4n) is 4.10. The number of nitrogens with one attached hydrogen (secondary N) is 2.